The van der Waals surface area contributed by atoms with Gasteiger partial charge in [0.25, 0.3) is 0 Å². The van der Waals surface area contributed by atoms with Crippen molar-refractivity contribution in [3.05, 3.63) is 89.8 Å². The van der Waals surface area contributed by atoms with Gasteiger partial charge in [0.1, 0.15) is 11.9 Å². The molecule has 2 atom stereocenters. The molecule has 4 heteroatoms. The minimum atomic E-state index is -0.777. The van der Waals surface area contributed by atoms with Crippen molar-refractivity contribution in [2.75, 3.05) is 7.11 Å². The van der Waals surface area contributed by atoms with Crippen molar-refractivity contribution < 1.29 is 17.9 Å². The number of allylic oxidation sites excluding steroid dienone is 3. The average Bonchev–Trinajstić information content (AvgIpc) is 2.85. The second-order valence-electron chi connectivity index (χ2n) is 9.17. The highest BCUT2D eigenvalue weighted by atomic mass is 19.2. The van der Waals surface area contributed by atoms with Gasteiger partial charge in [-0.15, -0.1) is 0 Å². The lowest BCUT2D eigenvalue weighted by Crippen LogP contribution is -2.18. The van der Waals surface area contributed by atoms with Crippen molar-refractivity contribution in [3.63, 3.8) is 0 Å². The highest BCUT2D eigenvalue weighted by molar-refractivity contribution is 5.66. The van der Waals surface area contributed by atoms with Crippen LogP contribution in [0.15, 0.2) is 67.0 Å². The normalized spacial score (nSPS) is 25.8. The van der Waals surface area contributed by atoms with Crippen LogP contribution in [0.1, 0.15) is 55.6 Å². The molecule has 2 aliphatic carbocycles. The van der Waals surface area contributed by atoms with Gasteiger partial charge < -0.3 is 4.74 Å². The molecule has 2 aromatic carbocycles. The van der Waals surface area contributed by atoms with Gasteiger partial charge in [0.2, 0.25) is 0 Å². The van der Waals surface area contributed by atoms with Crippen molar-refractivity contribution in [1.29, 1.82) is 0 Å². The molecular formula is C29H31F3O. The van der Waals surface area contributed by atoms with Gasteiger partial charge in [-0.05, 0) is 79.0 Å². The molecule has 2 aromatic rings. The maximum absolute atomic E-state index is 15.0. The molecular weight excluding hydrogens is 421 g/mol. The predicted molar refractivity (Wildman–Crippen MR) is 128 cm³/mol. The van der Waals surface area contributed by atoms with Gasteiger partial charge in [0, 0.05) is 12.7 Å². The predicted octanol–water partition coefficient (Wildman–Crippen LogP) is 8.38. The highest BCUT2D eigenvalue weighted by Crippen LogP contribution is 2.39. The van der Waals surface area contributed by atoms with E-state index in [-0.39, 0.29) is 23.2 Å². The molecule has 1 saturated carbocycles. The van der Waals surface area contributed by atoms with E-state index < -0.39 is 17.7 Å². The van der Waals surface area contributed by atoms with E-state index in [1.165, 1.54) is 7.11 Å². The Bertz CT molecular complexity index is 1030. The first kappa shape index (κ1) is 23.6. The van der Waals surface area contributed by atoms with Crippen molar-refractivity contribution >= 4 is 6.08 Å². The molecule has 0 N–H and O–H groups in total. The molecule has 0 heterocycles. The topological polar surface area (TPSA) is 9.23 Å². The van der Waals surface area contributed by atoms with E-state index in [0.29, 0.717) is 23.5 Å². The summed E-state index contributed by atoms with van der Waals surface area (Å²) in [7, 11) is 1.54. The van der Waals surface area contributed by atoms with Crippen molar-refractivity contribution in [1.82, 2.24) is 0 Å². The lowest BCUT2D eigenvalue weighted by molar-refractivity contribution is 0.0944. The Balaban J connectivity index is 1.39. The SMILES string of the molecule is C=Cc1ccc(-c2ccc(C3CCC(/C=C/C4C=C(F)C(OC)CC4)CC3)c(F)c2F)cc1. The number of benzene rings is 2. The van der Waals surface area contributed by atoms with E-state index in [0.717, 1.165) is 37.7 Å². The highest BCUT2D eigenvalue weighted by Gasteiger charge is 2.26. The minimum Gasteiger partial charge on any atom is -0.374 e. The summed E-state index contributed by atoms with van der Waals surface area (Å²) in [5, 5.41) is 0. The van der Waals surface area contributed by atoms with Crippen LogP contribution in [0.4, 0.5) is 13.2 Å². The Kier molecular flexibility index (Phi) is 7.54. The molecule has 174 valence electrons. The molecule has 2 aliphatic rings. The van der Waals surface area contributed by atoms with E-state index in [9.17, 15) is 8.78 Å². The Morgan fingerprint density at radius 3 is 2.21 bits per heavy atom. The first-order chi connectivity index (χ1) is 16.0. The van der Waals surface area contributed by atoms with Gasteiger partial charge in [-0.3, -0.25) is 0 Å². The van der Waals surface area contributed by atoms with E-state index >= 15 is 4.39 Å². The fourth-order valence-corrected chi connectivity index (χ4v) is 5.08. The lowest BCUT2D eigenvalue weighted by Gasteiger charge is -2.28. The van der Waals surface area contributed by atoms with Crippen molar-refractivity contribution in [3.8, 4) is 11.1 Å². The monoisotopic (exact) mass is 452 g/mol. The molecule has 4 rings (SSSR count). The summed E-state index contributed by atoms with van der Waals surface area (Å²) >= 11 is 0. The van der Waals surface area contributed by atoms with Gasteiger partial charge >= 0.3 is 0 Å². The zero-order chi connectivity index (χ0) is 23.4. The Morgan fingerprint density at radius 1 is 0.848 bits per heavy atom. The molecule has 2 unspecified atom stereocenters. The molecule has 0 amide bonds. The van der Waals surface area contributed by atoms with Crippen LogP contribution in [-0.2, 0) is 4.74 Å². The molecule has 0 radical (unpaired) electrons. The molecule has 0 aromatic heterocycles. The Morgan fingerprint density at radius 2 is 1.58 bits per heavy atom. The van der Waals surface area contributed by atoms with Crippen LogP contribution in [0.25, 0.3) is 17.2 Å². The summed E-state index contributed by atoms with van der Waals surface area (Å²) < 4.78 is 49.0. The lowest BCUT2D eigenvalue weighted by atomic mass is 9.77. The molecule has 0 bridgehead atoms. The van der Waals surface area contributed by atoms with Crippen LogP contribution in [-0.4, -0.2) is 13.2 Å². The quantitative estimate of drug-likeness (QED) is 0.400. The van der Waals surface area contributed by atoms with Gasteiger partial charge in [-0.25, -0.2) is 13.2 Å². The number of hydrogen-bond acceptors (Lipinski definition) is 1. The van der Waals surface area contributed by atoms with Crippen molar-refractivity contribution in [2.45, 2.75) is 50.5 Å². The third-order valence-electron chi connectivity index (χ3n) is 7.14. The molecule has 1 nitrogen and oxygen atoms in total. The zero-order valence-electron chi connectivity index (χ0n) is 19.1. The number of ether oxygens (including phenoxy) is 1. The van der Waals surface area contributed by atoms with Gasteiger partial charge in [-0.2, -0.15) is 0 Å². The smallest absolute Gasteiger partial charge is 0.166 e. The summed E-state index contributed by atoms with van der Waals surface area (Å²) in [6, 6.07) is 10.7. The van der Waals surface area contributed by atoms with Crippen LogP contribution >= 0.6 is 0 Å². The number of hydrogen-bond donors (Lipinski definition) is 0. The van der Waals surface area contributed by atoms with Crippen LogP contribution in [0.3, 0.4) is 0 Å². The van der Waals surface area contributed by atoms with E-state index in [4.69, 9.17) is 4.74 Å². The first-order valence-corrected chi connectivity index (χ1v) is 11.8. The van der Waals surface area contributed by atoms with Crippen LogP contribution in [0, 0.1) is 23.5 Å². The molecule has 1 fully saturated rings. The van der Waals surface area contributed by atoms with E-state index in [1.807, 2.05) is 12.1 Å². The fraction of sp³-hybridized carbons (Fsp3) is 0.379. The first-order valence-electron chi connectivity index (χ1n) is 11.8. The minimum absolute atomic E-state index is 0.0239. The van der Waals surface area contributed by atoms with E-state index in [1.54, 1.807) is 36.4 Å². The van der Waals surface area contributed by atoms with Crippen LogP contribution < -0.4 is 0 Å². The standard InChI is InChI=1S/C29H31F3O/c1-3-19-6-11-22(12-7-19)24-15-16-25(29(32)28(24)31)23-13-8-20(9-14-23)4-5-21-10-17-27(33-2)26(30)18-21/h3-7,11-12,15-16,18,20-21,23,27H,1,8-10,13-14,17H2,2H3/b5-4+. The van der Waals surface area contributed by atoms with Gasteiger partial charge in [0.05, 0.1) is 0 Å². The third kappa shape index (κ3) is 5.33. The Labute approximate surface area is 194 Å². The van der Waals surface area contributed by atoms with Gasteiger partial charge in [0.15, 0.2) is 11.6 Å². The second kappa shape index (κ2) is 10.6. The molecule has 33 heavy (non-hydrogen) atoms. The second-order valence-corrected chi connectivity index (χ2v) is 9.17. The fourth-order valence-electron chi connectivity index (χ4n) is 5.08. The average molecular weight is 453 g/mol. The largest absolute Gasteiger partial charge is 0.374 e. The number of methoxy groups -OCH3 is 1. The third-order valence-corrected chi connectivity index (χ3v) is 7.14. The summed E-state index contributed by atoms with van der Waals surface area (Å²) in [6.07, 6.45) is 12.3. The van der Waals surface area contributed by atoms with Gasteiger partial charge in [-0.1, -0.05) is 61.2 Å². The zero-order valence-corrected chi connectivity index (χ0v) is 19.1. The number of rotatable bonds is 6. The van der Waals surface area contributed by atoms with E-state index in [2.05, 4.69) is 18.7 Å². The maximum atomic E-state index is 15.0. The summed E-state index contributed by atoms with van der Waals surface area (Å²) in [5.41, 5.74) is 2.35. The molecule has 0 saturated heterocycles. The Hall–Kier alpha value is -2.59. The maximum Gasteiger partial charge on any atom is 0.166 e. The summed E-state index contributed by atoms with van der Waals surface area (Å²) in [6.45, 7) is 3.72. The van der Waals surface area contributed by atoms with Crippen molar-refractivity contribution in [2.24, 2.45) is 11.8 Å². The molecule has 0 spiro atoms. The van der Waals surface area contributed by atoms with Crippen LogP contribution in [0.2, 0.25) is 0 Å². The van der Waals surface area contributed by atoms with Crippen LogP contribution in [0.5, 0.6) is 0 Å². The molecule has 0 aliphatic heterocycles. The number of halogens is 3. The summed E-state index contributed by atoms with van der Waals surface area (Å²) in [5.74, 6) is -1.16. The summed E-state index contributed by atoms with van der Waals surface area (Å²) in [4.78, 5) is 0.